The number of hydrogen-bond acceptors (Lipinski definition) is 2. The highest BCUT2D eigenvalue weighted by Gasteiger charge is 2.17. The first-order valence-corrected chi connectivity index (χ1v) is 5.58. The predicted molar refractivity (Wildman–Crippen MR) is 60.0 cm³/mol. The van der Waals surface area contributed by atoms with Gasteiger partial charge in [-0.15, -0.1) is 0 Å². The first-order valence-electron chi connectivity index (χ1n) is 5.58. The van der Waals surface area contributed by atoms with Crippen molar-refractivity contribution in [1.29, 1.82) is 0 Å². The van der Waals surface area contributed by atoms with Crippen LogP contribution in [0.1, 0.15) is 24.3 Å². The Hall–Kier alpha value is -1.35. The number of nitrogens with zero attached hydrogens (tertiary/aromatic N) is 2. The maximum Gasteiger partial charge on any atom is 0.0696 e. The van der Waals surface area contributed by atoms with Gasteiger partial charge in [0.25, 0.3) is 0 Å². The lowest BCUT2D eigenvalue weighted by Gasteiger charge is -2.23. The zero-order valence-corrected chi connectivity index (χ0v) is 8.69. The molecule has 15 heavy (non-hydrogen) atoms. The molecule has 2 aromatic heterocycles. The van der Waals surface area contributed by atoms with Crippen LogP contribution in [0, 0.1) is 0 Å². The van der Waals surface area contributed by atoms with E-state index in [1.54, 1.807) is 0 Å². The first kappa shape index (κ1) is 8.92. The molecular weight excluding hydrogens is 186 g/mol. The van der Waals surface area contributed by atoms with Gasteiger partial charge in [-0.25, -0.2) is 4.52 Å². The Morgan fingerprint density at radius 1 is 1.40 bits per heavy atom. The summed E-state index contributed by atoms with van der Waals surface area (Å²) in [6.07, 6.45) is 6.45. The molecule has 3 heteroatoms. The van der Waals surface area contributed by atoms with Gasteiger partial charge in [0.15, 0.2) is 0 Å². The minimum Gasteiger partial charge on any atom is -0.316 e. The van der Waals surface area contributed by atoms with Crippen molar-refractivity contribution < 1.29 is 0 Å². The highest BCUT2D eigenvalue weighted by atomic mass is 15.2. The van der Waals surface area contributed by atoms with Crippen molar-refractivity contribution >= 4 is 5.52 Å². The van der Waals surface area contributed by atoms with Crippen molar-refractivity contribution in [3.63, 3.8) is 0 Å². The van der Waals surface area contributed by atoms with Crippen molar-refractivity contribution in [2.75, 3.05) is 13.1 Å². The number of hydrogen-bond donors (Lipinski definition) is 1. The third-order valence-electron chi connectivity index (χ3n) is 3.21. The smallest absolute Gasteiger partial charge is 0.0696 e. The lowest BCUT2D eigenvalue weighted by molar-refractivity contribution is 0.462. The minimum absolute atomic E-state index is 0.652. The van der Waals surface area contributed by atoms with E-state index in [0.717, 1.165) is 6.54 Å². The molecule has 0 aromatic carbocycles. The van der Waals surface area contributed by atoms with Crippen molar-refractivity contribution in [2.24, 2.45) is 0 Å². The Bertz CT molecular complexity index is 455. The average molecular weight is 201 g/mol. The number of rotatable bonds is 1. The maximum atomic E-state index is 4.27. The van der Waals surface area contributed by atoms with E-state index in [2.05, 4.69) is 28.6 Å². The minimum atomic E-state index is 0.652. The van der Waals surface area contributed by atoms with Gasteiger partial charge in [-0.05, 0) is 43.0 Å². The Balaban J connectivity index is 2.05. The van der Waals surface area contributed by atoms with Crippen LogP contribution < -0.4 is 5.32 Å². The number of fused-ring (bicyclic) bond motifs is 1. The highest BCUT2D eigenvalue weighted by molar-refractivity contribution is 5.55. The lowest BCUT2D eigenvalue weighted by atomic mass is 9.91. The highest BCUT2D eigenvalue weighted by Crippen LogP contribution is 2.26. The van der Waals surface area contributed by atoms with Gasteiger partial charge in [-0.2, -0.15) is 5.10 Å². The summed E-state index contributed by atoms with van der Waals surface area (Å²) in [6.45, 7) is 2.27. The van der Waals surface area contributed by atoms with E-state index >= 15 is 0 Å². The van der Waals surface area contributed by atoms with E-state index in [-0.39, 0.29) is 0 Å². The van der Waals surface area contributed by atoms with E-state index in [4.69, 9.17) is 0 Å². The van der Waals surface area contributed by atoms with Gasteiger partial charge < -0.3 is 5.32 Å². The van der Waals surface area contributed by atoms with Crippen LogP contribution in [0.15, 0.2) is 30.6 Å². The molecular formula is C12H15N3. The fourth-order valence-corrected chi connectivity index (χ4v) is 2.44. The fourth-order valence-electron chi connectivity index (χ4n) is 2.44. The average Bonchev–Trinajstić information content (AvgIpc) is 2.78. The molecule has 1 unspecified atom stereocenters. The third kappa shape index (κ3) is 1.53. The van der Waals surface area contributed by atoms with Gasteiger partial charge in [0.1, 0.15) is 0 Å². The SMILES string of the molecule is c1cc(C2CCCNC2)c2ccnn2c1. The van der Waals surface area contributed by atoms with Crippen molar-refractivity contribution in [2.45, 2.75) is 18.8 Å². The van der Waals surface area contributed by atoms with Crippen LogP contribution in [0.2, 0.25) is 0 Å². The van der Waals surface area contributed by atoms with E-state index in [1.807, 2.05) is 16.9 Å². The summed E-state index contributed by atoms with van der Waals surface area (Å²) in [6, 6.07) is 6.42. The molecule has 1 saturated heterocycles. The monoisotopic (exact) mass is 201 g/mol. The number of aromatic nitrogens is 2. The van der Waals surface area contributed by atoms with Crippen LogP contribution in [0.25, 0.3) is 5.52 Å². The molecule has 0 bridgehead atoms. The van der Waals surface area contributed by atoms with Gasteiger partial charge in [-0.1, -0.05) is 6.07 Å². The lowest BCUT2D eigenvalue weighted by Crippen LogP contribution is -2.28. The molecule has 1 fully saturated rings. The van der Waals surface area contributed by atoms with Crippen LogP contribution in [0.5, 0.6) is 0 Å². The summed E-state index contributed by atoms with van der Waals surface area (Å²) in [5, 5.41) is 7.73. The van der Waals surface area contributed by atoms with Crippen molar-refractivity contribution in [1.82, 2.24) is 14.9 Å². The summed E-state index contributed by atoms with van der Waals surface area (Å²) >= 11 is 0. The molecule has 1 aliphatic heterocycles. The molecule has 78 valence electrons. The van der Waals surface area contributed by atoms with E-state index in [1.165, 1.54) is 30.5 Å². The molecule has 0 radical (unpaired) electrons. The zero-order valence-electron chi connectivity index (χ0n) is 8.69. The summed E-state index contributed by atoms with van der Waals surface area (Å²) in [4.78, 5) is 0. The number of nitrogens with one attached hydrogen (secondary N) is 1. The molecule has 2 aromatic rings. The van der Waals surface area contributed by atoms with Crippen molar-refractivity contribution in [3.8, 4) is 0 Å². The molecule has 1 aliphatic rings. The molecule has 0 spiro atoms. The largest absolute Gasteiger partial charge is 0.316 e. The fraction of sp³-hybridized carbons (Fsp3) is 0.417. The molecule has 1 atom stereocenters. The van der Waals surface area contributed by atoms with Crippen LogP contribution in [0.3, 0.4) is 0 Å². The maximum absolute atomic E-state index is 4.27. The molecule has 0 amide bonds. The molecule has 0 aliphatic carbocycles. The van der Waals surface area contributed by atoms with E-state index < -0.39 is 0 Å². The van der Waals surface area contributed by atoms with Gasteiger partial charge >= 0.3 is 0 Å². The zero-order chi connectivity index (χ0) is 10.1. The van der Waals surface area contributed by atoms with Gasteiger partial charge in [-0.3, -0.25) is 0 Å². The van der Waals surface area contributed by atoms with Crippen molar-refractivity contribution in [3.05, 3.63) is 36.2 Å². The second kappa shape index (κ2) is 3.66. The molecule has 1 N–H and O–H groups in total. The molecule has 3 nitrogen and oxygen atoms in total. The summed E-state index contributed by atoms with van der Waals surface area (Å²) in [7, 11) is 0. The van der Waals surface area contributed by atoms with Crippen LogP contribution >= 0.6 is 0 Å². The second-order valence-electron chi connectivity index (χ2n) is 4.17. The summed E-state index contributed by atoms with van der Waals surface area (Å²) in [5.41, 5.74) is 2.69. The second-order valence-corrected chi connectivity index (χ2v) is 4.17. The molecule has 3 heterocycles. The summed E-state index contributed by atoms with van der Waals surface area (Å²) < 4.78 is 1.96. The first-order chi connectivity index (χ1) is 7.45. The molecule has 0 saturated carbocycles. The molecule has 3 rings (SSSR count). The van der Waals surface area contributed by atoms with Crippen LogP contribution in [-0.4, -0.2) is 22.7 Å². The number of pyridine rings is 1. The number of piperidine rings is 1. The van der Waals surface area contributed by atoms with E-state index in [9.17, 15) is 0 Å². The Morgan fingerprint density at radius 3 is 3.27 bits per heavy atom. The normalized spacial score (nSPS) is 22.0. The van der Waals surface area contributed by atoms with Crippen LogP contribution in [0.4, 0.5) is 0 Å². The topological polar surface area (TPSA) is 29.3 Å². The Kier molecular flexibility index (Phi) is 2.18. The van der Waals surface area contributed by atoms with Crippen LogP contribution in [-0.2, 0) is 0 Å². The summed E-state index contributed by atoms with van der Waals surface area (Å²) in [5.74, 6) is 0.652. The third-order valence-corrected chi connectivity index (χ3v) is 3.21. The Morgan fingerprint density at radius 2 is 2.40 bits per heavy atom. The quantitative estimate of drug-likeness (QED) is 0.762. The standard InChI is InChI=1S/C12H15N3/c1-3-10(9-13-6-1)11-4-2-8-15-12(11)5-7-14-15/h2,4-5,7-8,10,13H,1,3,6,9H2. The van der Waals surface area contributed by atoms with Gasteiger partial charge in [0, 0.05) is 18.9 Å². The van der Waals surface area contributed by atoms with Gasteiger partial charge in [0.2, 0.25) is 0 Å². The van der Waals surface area contributed by atoms with E-state index in [0.29, 0.717) is 5.92 Å². The predicted octanol–water partition coefficient (Wildman–Crippen LogP) is 1.80. The van der Waals surface area contributed by atoms with Gasteiger partial charge in [0.05, 0.1) is 5.52 Å². The Labute approximate surface area is 89.1 Å².